The van der Waals surface area contributed by atoms with E-state index in [1.54, 1.807) is 67.8 Å². The van der Waals surface area contributed by atoms with E-state index in [2.05, 4.69) is 15.6 Å². The number of urea groups is 1. The summed E-state index contributed by atoms with van der Waals surface area (Å²) in [5, 5.41) is 5.95. The highest BCUT2D eigenvalue weighted by Gasteiger charge is 2.10. The molecule has 32 heavy (non-hydrogen) atoms. The van der Waals surface area contributed by atoms with Gasteiger partial charge < -0.3 is 20.1 Å². The number of para-hydroxylation sites is 2. The number of amides is 2. The Hall–Kier alpha value is -4.04. The Labute approximate surface area is 188 Å². The molecule has 0 radical (unpaired) electrons. The van der Waals surface area contributed by atoms with Gasteiger partial charge in [0, 0.05) is 24.0 Å². The van der Waals surface area contributed by atoms with Crippen molar-refractivity contribution in [1.29, 1.82) is 0 Å². The van der Waals surface area contributed by atoms with Crippen molar-refractivity contribution in [2.45, 2.75) is 6.61 Å². The first-order valence-corrected chi connectivity index (χ1v) is 10.0. The summed E-state index contributed by atoms with van der Waals surface area (Å²) in [4.78, 5) is 29.2. The van der Waals surface area contributed by atoms with Crippen molar-refractivity contribution < 1.29 is 14.3 Å². The molecule has 0 atom stereocenters. The number of benzene rings is 2. The molecule has 4 aromatic rings. The van der Waals surface area contributed by atoms with E-state index < -0.39 is 6.03 Å². The standard InChI is InChI=1S/C23H19ClN4O4/c1-31-18-6-4-5-16(11-18)26-23(30)27-19-7-2-3-8-20(19)32-14-17-12-22(29)28-13-15(24)9-10-21(28)25-17/h2-13H,14H2,1H3,(H2,26,27,30). The Balaban J connectivity index is 1.46. The topological polar surface area (TPSA) is 94.0 Å². The minimum atomic E-state index is -0.437. The second-order valence-corrected chi connectivity index (χ2v) is 7.19. The number of nitrogens with zero attached hydrogens (tertiary/aromatic N) is 2. The third kappa shape index (κ3) is 4.98. The zero-order chi connectivity index (χ0) is 22.5. The van der Waals surface area contributed by atoms with Gasteiger partial charge in [0.25, 0.3) is 5.56 Å². The number of carbonyl (C=O) groups excluding carboxylic acids is 1. The van der Waals surface area contributed by atoms with E-state index in [-0.39, 0.29) is 12.2 Å². The lowest BCUT2D eigenvalue weighted by Gasteiger charge is -2.13. The van der Waals surface area contributed by atoms with Crippen molar-refractivity contribution in [2.75, 3.05) is 17.7 Å². The van der Waals surface area contributed by atoms with Gasteiger partial charge in [-0.2, -0.15) is 0 Å². The summed E-state index contributed by atoms with van der Waals surface area (Å²) >= 11 is 5.94. The molecule has 2 heterocycles. The summed E-state index contributed by atoms with van der Waals surface area (Å²) in [7, 11) is 1.56. The van der Waals surface area contributed by atoms with Gasteiger partial charge in [-0.1, -0.05) is 29.8 Å². The molecule has 0 saturated carbocycles. The van der Waals surface area contributed by atoms with Gasteiger partial charge in [0.1, 0.15) is 23.8 Å². The van der Waals surface area contributed by atoms with E-state index >= 15 is 0 Å². The van der Waals surface area contributed by atoms with Crippen molar-refractivity contribution in [3.05, 3.63) is 94.0 Å². The molecule has 2 N–H and O–H groups in total. The number of halogens is 1. The fourth-order valence-electron chi connectivity index (χ4n) is 3.03. The van der Waals surface area contributed by atoms with Gasteiger partial charge in [-0.15, -0.1) is 0 Å². The minimum absolute atomic E-state index is 0.0462. The molecule has 0 spiro atoms. The molecule has 0 aliphatic heterocycles. The Kier molecular flexibility index (Phi) is 6.23. The second kappa shape index (κ2) is 9.40. The zero-order valence-corrected chi connectivity index (χ0v) is 17.8. The van der Waals surface area contributed by atoms with Crippen LogP contribution in [0, 0.1) is 0 Å². The first-order valence-electron chi connectivity index (χ1n) is 9.63. The Morgan fingerprint density at radius 1 is 1.06 bits per heavy atom. The number of fused-ring (bicyclic) bond motifs is 1. The second-order valence-electron chi connectivity index (χ2n) is 6.76. The van der Waals surface area contributed by atoms with Gasteiger partial charge in [-0.3, -0.25) is 9.20 Å². The van der Waals surface area contributed by atoms with Gasteiger partial charge in [0.2, 0.25) is 0 Å². The van der Waals surface area contributed by atoms with Gasteiger partial charge in [-0.25, -0.2) is 9.78 Å². The summed E-state index contributed by atoms with van der Waals surface area (Å²) in [6.07, 6.45) is 1.51. The van der Waals surface area contributed by atoms with Crippen molar-refractivity contribution in [3.63, 3.8) is 0 Å². The molecule has 0 fully saturated rings. The van der Waals surface area contributed by atoms with Crippen molar-refractivity contribution in [1.82, 2.24) is 9.38 Å². The van der Waals surface area contributed by atoms with Crippen LogP contribution in [0.15, 0.2) is 77.7 Å². The van der Waals surface area contributed by atoms with Crippen LogP contribution in [0.1, 0.15) is 5.69 Å². The van der Waals surface area contributed by atoms with Gasteiger partial charge in [-0.05, 0) is 36.4 Å². The molecule has 2 aromatic carbocycles. The first kappa shape index (κ1) is 21.2. The summed E-state index contributed by atoms with van der Waals surface area (Å²) in [6, 6.07) is 18.3. The number of carbonyl (C=O) groups is 1. The predicted molar refractivity (Wildman–Crippen MR) is 123 cm³/mol. The molecule has 8 nitrogen and oxygen atoms in total. The average Bonchev–Trinajstić information content (AvgIpc) is 2.79. The van der Waals surface area contributed by atoms with E-state index in [1.807, 2.05) is 0 Å². The van der Waals surface area contributed by atoms with E-state index in [1.165, 1.54) is 16.7 Å². The molecule has 9 heteroatoms. The van der Waals surface area contributed by atoms with Crippen molar-refractivity contribution in [3.8, 4) is 11.5 Å². The van der Waals surface area contributed by atoms with Gasteiger partial charge in [0.05, 0.1) is 23.5 Å². The molecule has 2 amide bonds. The lowest BCUT2D eigenvalue weighted by molar-refractivity contribution is 0.261. The van der Waals surface area contributed by atoms with Crippen LogP contribution in [-0.2, 0) is 6.61 Å². The smallest absolute Gasteiger partial charge is 0.323 e. The maximum absolute atomic E-state index is 12.4. The largest absolute Gasteiger partial charge is 0.497 e. The third-order valence-corrected chi connectivity index (χ3v) is 4.74. The molecule has 0 bridgehead atoms. The normalized spacial score (nSPS) is 10.6. The number of rotatable bonds is 6. The molecular weight excluding hydrogens is 432 g/mol. The number of pyridine rings is 1. The minimum Gasteiger partial charge on any atom is -0.497 e. The first-order chi connectivity index (χ1) is 15.5. The molecule has 0 aliphatic rings. The molecule has 0 aliphatic carbocycles. The molecule has 4 rings (SSSR count). The Bertz CT molecular complexity index is 1340. The highest BCUT2D eigenvalue weighted by Crippen LogP contribution is 2.25. The highest BCUT2D eigenvalue weighted by molar-refractivity contribution is 6.30. The van der Waals surface area contributed by atoms with Crippen LogP contribution >= 0.6 is 11.6 Å². The summed E-state index contributed by atoms with van der Waals surface area (Å²) in [5.41, 5.74) is 1.70. The van der Waals surface area contributed by atoms with E-state index in [0.29, 0.717) is 39.2 Å². The van der Waals surface area contributed by atoms with E-state index in [0.717, 1.165) is 0 Å². The van der Waals surface area contributed by atoms with Crippen LogP contribution in [0.5, 0.6) is 11.5 Å². The van der Waals surface area contributed by atoms with E-state index in [9.17, 15) is 9.59 Å². The number of anilines is 2. The lowest BCUT2D eigenvalue weighted by atomic mass is 10.3. The fraction of sp³-hybridized carbons (Fsp3) is 0.0870. The highest BCUT2D eigenvalue weighted by atomic mass is 35.5. The van der Waals surface area contributed by atoms with Crippen molar-refractivity contribution >= 4 is 34.7 Å². The van der Waals surface area contributed by atoms with Gasteiger partial charge >= 0.3 is 6.03 Å². The number of ether oxygens (including phenoxy) is 2. The van der Waals surface area contributed by atoms with Crippen LogP contribution in [-0.4, -0.2) is 22.5 Å². The van der Waals surface area contributed by atoms with Crippen LogP contribution in [0.2, 0.25) is 5.02 Å². The predicted octanol–water partition coefficient (Wildman–Crippen LogP) is 4.58. The monoisotopic (exact) mass is 450 g/mol. The quantitative estimate of drug-likeness (QED) is 0.448. The molecular formula is C23H19ClN4O4. The number of hydrogen-bond donors (Lipinski definition) is 2. The molecule has 2 aromatic heterocycles. The van der Waals surface area contributed by atoms with E-state index in [4.69, 9.17) is 21.1 Å². The lowest BCUT2D eigenvalue weighted by Crippen LogP contribution is -2.20. The number of nitrogens with one attached hydrogen (secondary N) is 2. The fourth-order valence-corrected chi connectivity index (χ4v) is 3.19. The maximum Gasteiger partial charge on any atom is 0.323 e. The third-order valence-electron chi connectivity index (χ3n) is 4.51. The Morgan fingerprint density at radius 2 is 1.91 bits per heavy atom. The molecule has 162 valence electrons. The average molecular weight is 451 g/mol. The number of methoxy groups -OCH3 is 1. The summed E-state index contributed by atoms with van der Waals surface area (Å²) in [5.74, 6) is 1.07. The van der Waals surface area contributed by atoms with Crippen LogP contribution < -0.4 is 25.7 Å². The van der Waals surface area contributed by atoms with Crippen molar-refractivity contribution in [2.24, 2.45) is 0 Å². The SMILES string of the molecule is COc1cccc(NC(=O)Nc2ccccc2OCc2cc(=O)n3cc(Cl)ccc3n2)c1. The summed E-state index contributed by atoms with van der Waals surface area (Å²) in [6.45, 7) is 0.0462. The Morgan fingerprint density at radius 3 is 2.75 bits per heavy atom. The van der Waals surface area contributed by atoms with Crippen LogP contribution in [0.25, 0.3) is 5.65 Å². The zero-order valence-electron chi connectivity index (χ0n) is 17.0. The molecule has 0 unspecified atom stereocenters. The maximum atomic E-state index is 12.4. The number of aromatic nitrogens is 2. The van der Waals surface area contributed by atoms with Crippen LogP contribution in [0.3, 0.4) is 0 Å². The number of hydrogen-bond acceptors (Lipinski definition) is 5. The summed E-state index contributed by atoms with van der Waals surface area (Å²) < 4.78 is 12.4. The van der Waals surface area contributed by atoms with Crippen LogP contribution in [0.4, 0.5) is 16.2 Å². The molecule has 0 saturated heterocycles. The van der Waals surface area contributed by atoms with Gasteiger partial charge in [0.15, 0.2) is 0 Å².